The Balaban J connectivity index is 1.14. The Kier molecular flexibility index (Phi) is 9.88. The molecule has 2 N–H and O–H groups in total. The summed E-state index contributed by atoms with van der Waals surface area (Å²) in [7, 11) is 0. The average Bonchev–Trinajstić information content (AvgIpc) is 3.45. The number of likely N-dealkylation sites (tertiary alicyclic amines) is 1. The van der Waals surface area contributed by atoms with Crippen molar-refractivity contribution in [2.75, 3.05) is 56.0 Å². The summed E-state index contributed by atoms with van der Waals surface area (Å²) < 4.78 is 46.8. The van der Waals surface area contributed by atoms with Gasteiger partial charge in [-0.1, -0.05) is 11.6 Å². The van der Waals surface area contributed by atoms with Gasteiger partial charge >= 0.3 is 18.3 Å². The third-order valence-electron chi connectivity index (χ3n) is 9.02. The molecule has 16 heteroatoms. The first kappa shape index (κ1) is 33.7. The highest BCUT2D eigenvalue weighted by molar-refractivity contribution is 7.08. The molecule has 0 saturated carbocycles. The third kappa shape index (κ3) is 7.41. The van der Waals surface area contributed by atoms with Gasteiger partial charge in [-0.15, -0.1) is 11.3 Å². The number of benzene rings is 1. The number of aromatic hydroxyl groups is 1. The smallest absolute Gasteiger partial charge is 0.420 e. The van der Waals surface area contributed by atoms with Crippen molar-refractivity contribution < 1.29 is 37.4 Å². The van der Waals surface area contributed by atoms with Gasteiger partial charge in [0.2, 0.25) is 0 Å². The number of halogens is 4. The van der Waals surface area contributed by atoms with Crippen molar-refractivity contribution in [2.24, 2.45) is 0 Å². The van der Waals surface area contributed by atoms with Gasteiger partial charge in [0.15, 0.2) is 6.10 Å². The van der Waals surface area contributed by atoms with E-state index >= 15 is 0 Å². The van der Waals surface area contributed by atoms with Gasteiger partial charge in [0.25, 0.3) is 5.91 Å². The van der Waals surface area contributed by atoms with E-state index in [0.717, 1.165) is 29.4 Å². The second kappa shape index (κ2) is 14.1. The Labute approximate surface area is 283 Å². The molecule has 0 bridgehead atoms. The van der Waals surface area contributed by atoms with Crippen molar-refractivity contribution in [1.82, 2.24) is 19.7 Å². The summed E-state index contributed by atoms with van der Waals surface area (Å²) in [6, 6.07) is 5.28. The lowest BCUT2D eigenvalue weighted by molar-refractivity contribution is -0.141. The van der Waals surface area contributed by atoms with E-state index in [2.05, 4.69) is 15.2 Å². The van der Waals surface area contributed by atoms with E-state index in [0.29, 0.717) is 51.6 Å². The van der Waals surface area contributed by atoms with E-state index in [1.807, 2.05) is 22.9 Å². The number of hydrogen-bond donors (Lipinski definition) is 2. The zero-order chi connectivity index (χ0) is 34.0. The minimum atomic E-state index is -4.90. The van der Waals surface area contributed by atoms with Crippen molar-refractivity contribution in [2.45, 2.75) is 44.0 Å². The van der Waals surface area contributed by atoms with Crippen LogP contribution in [0.4, 0.5) is 34.1 Å². The first-order chi connectivity index (χ1) is 23.0. The maximum absolute atomic E-state index is 13.8. The van der Waals surface area contributed by atoms with E-state index in [-0.39, 0.29) is 37.1 Å². The number of piperidine rings is 1. The van der Waals surface area contributed by atoms with Crippen LogP contribution in [0.5, 0.6) is 5.75 Å². The van der Waals surface area contributed by atoms with Gasteiger partial charge in [-0.05, 0) is 60.0 Å². The molecule has 48 heavy (non-hydrogen) atoms. The fourth-order valence-electron chi connectivity index (χ4n) is 6.39. The van der Waals surface area contributed by atoms with Crippen LogP contribution in [0.3, 0.4) is 0 Å². The quantitative estimate of drug-likeness (QED) is 0.349. The van der Waals surface area contributed by atoms with Crippen molar-refractivity contribution in [1.29, 1.82) is 0 Å². The molecular weight excluding hydrogens is 673 g/mol. The molecule has 5 heterocycles. The van der Waals surface area contributed by atoms with E-state index in [1.165, 1.54) is 21.1 Å². The number of urea groups is 1. The van der Waals surface area contributed by atoms with E-state index < -0.39 is 40.6 Å². The Morgan fingerprint density at radius 3 is 2.44 bits per heavy atom. The number of anilines is 2. The van der Waals surface area contributed by atoms with Crippen molar-refractivity contribution in [3.63, 3.8) is 0 Å². The highest BCUT2D eigenvalue weighted by Crippen LogP contribution is 2.40. The summed E-state index contributed by atoms with van der Waals surface area (Å²) in [5, 5.41) is 16.3. The number of phenols is 1. The average molecular weight is 707 g/mol. The summed E-state index contributed by atoms with van der Waals surface area (Å²) in [6.45, 7) is 2.66. The number of carbonyl (C=O) groups excluding carboxylic acids is 3. The topological polar surface area (TPSA) is 119 Å². The molecule has 1 aromatic carbocycles. The molecule has 256 valence electrons. The molecule has 4 amide bonds. The first-order valence-electron chi connectivity index (χ1n) is 15.6. The highest BCUT2D eigenvalue weighted by Gasteiger charge is 2.38. The van der Waals surface area contributed by atoms with E-state index in [4.69, 9.17) is 16.3 Å². The number of phenolic OH excluding ortho intramolecular Hbond substituents is 1. The summed E-state index contributed by atoms with van der Waals surface area (Å²) >= 11 is 7.49. The lowest BCUT2D eigenvalue weighted by atomic mass is 10.0. The molecule has 3 aliphatic rings. The Morgan fingerprint density at radius 1 is 1.04 bits per heavy atom. The van der Waals surface area contributed by atoms with Gasteiger partial charge < -0.3 is 34.8 Å². The van der Waals surface area contributed by atoms with Crippen LogP contribution in [0.25, 0.3) is 0 Å². The van der Waals surface area contributed by atoms with Crippen LogP contribution in [0.1, 0.15) is 29.5 Å². The minimum absolute atomic E-state index is 0.0222. The Morgan fingerprint density at radius 2 is 1.75 bits per heavy atom. The predicted octanol–water partition coefficient (Wildman–Crippen LogP) is 5.47. The van der Waals surface area contributed by atoms with Crippen LogP contribution in [-0.2, 0) is 28.5 Å². The van der Waals surface area contributed by atoms with Crippen molar-refractivity contribution in [3.8, 4) is 5.75 Å². The summed E-state index contributed by atoms with van der Waals surface area (Å²) in [5.41, 5.74) is 1.48. The van der Waals surface area contributed by atoms with Crippen LogP contribution < -0.4 is 10.2 Å². The van der Waals surface area contributed by atoms with Gasteiger partial charge in [0.05, 0.1) is 16.3 Å². The normalized spacial score (nSPS) is 18.2. The Hall–Kier alpha value is -4.24. The second-order valence-electron chi connectivity index (χ2n) is 12.0. The summed E-state index contributed by atoms with van der Waals surface area (Å²) in [4.78, 5) is 51.1. The van der Waals surface area contributed by atoms with Crippen LogP contribution in [-0.4, -0.2) is 101 Å². The number of pyridine rings is 1. The number of carbonyl (C=O) groups is 3. The lowest BCUT2D eigenvalue weighted by Gasteiger charge is -2.39. The predicted molar refractivity (Wildman–Crippen MR) is 173 cm³/mol. The number of alkyl halides is 3. The summed E-state index contributed by atoms with van der Waals surface area (Å²) in [5.74, 6) is -1.66. The largest absolute Gasteiger partial charge is 0.506 e. The van der Waals surface area contributed by atoms with E-state index in [1.54, 1.807) is 17.3 Å². The first-order valence-corrected chi connectivity index (χ1v) is 16.9. The molecule has 6 rings (SSSR count). The van der Waals surface area contributed by atoms with Crippen LogP contribution in [0, 0.1) is 0 Å². The van der Waals surface area contributed by atoms with Gasteiger partial charge in [-0.2, -0.15) is 13.2 Å². The molecule has 0 aliphatic carbocycles. The van der Waals surface area contributed by atoms with Gasteiger partial charge in [-0.25, -0.2) is 9.59 Å². The number of ether oxygens (including phenoxy) is 1. The molecule has 0 spiro atoms. The molecule has 2 aromatic heterocycles. The van der Waals surface area contributed by atoms with Gasteiger partial charge in [0, 0.05) is 81.7 Å². The fraction of sp³-hybridized carbons (Fsp3) is 0.438. The van der Waals surface area contributed by atoms with Gasteiger partial charge in [0.1, 0.15) is 5.75 Å². The van der Waals surface area contributed by atoms with Crippen LogP contribution in [0.2, 0.25) is 5.02 Å². The second-order valence-corrected chi connectivity index (χ2v) is 13.1. The number of hydrogen-bond acceptors (Lipinski definition) is 8. The number of rotatable bonds is 6. The molecule has 0 radical (unpaired) electrons. The number of aromatic nitrogens is 1. The highest BCUT2D eigenvalue weighted by atomic mass is 35.5. The molecule has 3 aliphatic heterocycles. The maximum atomic E-state index is 13.8. The third-order valence-corrected chi connectivity index (χ3v) is 10.1. The molecule has 0 unspecified atom stereocenters. The zero-order valence-electron chi connectivity index (χ0n) is 25.8. The number of nitrogens with one attached hydrogen (secondary N) is 1. The molecule has 1 atom stereocenters. The minimum Gasteiger partial charge on any atom is -0.506 e. The van der Waals surface area contributed by atoms with Crippen molar-refractivity contribution >= 4 is 52.3 Å². The number of amides is 4. The Bertz CT molecular complexity index is 1640. The summed E-state index contributed by atoms with van der Waals surface area (Å²) in [6.07, 6.45) is -2.45. The maximum Gasteiger partial charge on any atom is 0.420 e. The standard InChI is InChI=1S/C32H34ClF3N6O5S/c33-25-16-20(15-24(28(25)43)32(34,35)36)17-27(29(44)40-13-11-39(12-14-40)22-1-6-37-7-2-22)47-31(46)41-8-4-23(5-9-41)42-10-3-21-18-48-19-26(21)38-30(42)45/h1-2,6-7,15-16,18-19,23,27,43H,3-5,8-14,17H2,(H,38,45)/t27-/m1/s1. The molecular formula is C32H34ClF3N6O5S. The molecule has 11 nitrogen and oxygen atoms in total. The SMILES string of the molecule is O=C(O[C@H](Cc1cc(Cl)c(O)c(C(F)(F)F)c1)C(=O)N1CCN(c2ccncc2)CC1)N1CCC(N2CCc3cscc3NC2=O)CC1. The molecule has 2 fully saturated rings. The molecule has 3 aromatic rings. The monoisotopic (exact) mass is 706 g/mol. The fourth-order valence-corrected chi connectivity index (χ4v) is 7.45. The van der Waals surface area contributed by atoms with E-state index in [9.17, 15) is 32.7 Å². The number of piperazine rings is 1. The zero-order valence-corrected chi connectivity index (χ0v) is 27.4. The van der Waals surface area contributed by atoms with Crippen LogP contribution >= 0.6 is 22.9 Å². The number of fused-ring (bicyclic) bond motifs is 1. The van der Waals surface area contributed by atoms with Crippen molar-refractivity contribution in [3.05, 3.63) is 69.1 Å². The number of nitrogens with zero attached hydrogens (tertiary/aromatic N) is 5. The number of thiophene rings is 1. The van der Waals surface area contributed by atoms with Gasteiger partial charge in [-0.3, -0.25) is 9.78 Å². The lowest BCUT2D eigenvalue weighted by Crippen LogP contribution is -2.54. The molecule has 2 saturated heterocycles. The van der Waals surface area contributed by atoms with Crippen LogP contribution in [0.15, 0.2) is 47.4 Å².